The minimum absolute atomic E-state index is 0.418. The molecule has 1 amide bonds. The predicted molar refractivity (Wildman–Crippen MR) is 90.6 cm³/mol. The molecule has 0 heterocycles. The van der Waals surface area contributed by atoms with Gasteiger partial charge in [-0.3, -0.25) is 4.79 Å². The van der Waals surface area contributed by atoms with E-state index in [2.05, 4.69) is 21.2 Å². The van der Waals surface area contributed by atoms with Gasteiger partial charge in [-0.15, -0.1) is 0 Å². The molecule has 0 aliphatic carbocycles. The fourth-order valence-electron chi connectivity index (χ4n) is 2.32. The van der Waals surface area contributed by atoms with Crippen LogP contribution < -0.4 is 11.1 Å². The van der Waals surface area contributed by atoms with Gasteiger partial charge in [0.15, 0.2) is 0 Å². The first kappa shape index (κ1) is 15.9. The first-order valence-electron chi connectivity index (χ1n) is 6.47. The summed E-state index contributed by atoms with van der Waals surface area (Å²) in [4.78, 5) is 11.9. The van der Waals surface area contributed by atoms with Gasteiger partial charge in [-0.1, -0.05) is 29.8 Å². The molecule has 0 aliphatic heterocycles. The Morgan fingerprint density at radius 1 is 1.24 bits per heavy atom. The van der Waals surface area contributed by atoms with E-state index in [1.165, 1.54) is 0 Å². The molecule has 110 valence electrons. The van der Waals surface area contributed by atoms with Crippen LogP contribution in [0.15, 0.2) is 40.9 Å². The van der Waals surface area contributed by atoms with Crippen molar-refractivity contribution in [3.8, 4) is 0 Å². The molecule has 1 unspecified atom stereocenters. The molecule has 0 radical (unpaired) electrons. The van der Waals surface area contributed by atoms with Gasteiger partial charge in [-0.2, -0.15) is 0 Å². The van der Waals surface area contributed by atoms with E-state index in [0.717, 1.165) is 26.9 Å². The fraction of sp³-hybridized carbons (Fsp3) is 0.188. The van der Waals surface area contributed by atoms with E-state index in [0.29, 0.717) is 5.02 Å². The third-order valence-corrected chi connectivity index (χ3v) is 4.56. The fourth-order valence-corrected chi connectivity index (χ4v) is 2.82. The molecule has 0 saturated heterocycles. The molecule has 5 heteroatoms. The second-order valence-electron chi connectivity index (χ2n) is 4.91. The lowest BCUT2D eigenvalue weighted by Crippen LogP contribution is -2.29. The van der Waals surface area contributed by atoms with Gasteiger partial charge in [-0.05, 0) is 64.7 Å². The van der Waals surface area contributed by atoms with Gasteiger partial charge in [0.25, 0.3) is 0 Å². The number of carbonyl (C=O) groups excluding carboxylic acids is 1. The Kier molecular flexibility index (Phi) is 4.91. The van der Waals surface area contributed by atoms with E-state index in [1.54, 1.807) is 6.07 Å². The minimum atomic E-state index is -0.584. The zero-order valence-corrected chi connectivity index (χ0v) is 14.1. The molecule has 3 nitrogen and oxygen atoms in total. The molecule has 3 N–H and O–H groups in total. The van der Waals surface area contributed by atoms with E-state index >= 15 is 0 Å². The molecular weight excluding hydrogens is 352 g/mol. The van der Waals surface area contributed by atoms with Gasteiger partial charge < -0.3 is 11.1 Å². The van der Waals surface area contributed by atoms with Gasteiger partial charge in [0.1, 0.15) is 6.04 Å². The molecule has 2 aromatic rings. The third kappa shape index (κ3) is 3.57. The van der Waals surface area contributed by atoms with Gasteiger partial charge in [0.05, 0.1) is 5.02 Å². The second-order valence-corrected chi connectivity index (χ2v) is 6.18. The van der Waals surface area contributed by atoms with Crippen LogP contribution >= 0.6 is 27.5 Å². The summed E-state index contributed by atoms with van der Waals surface area (Å²) in [5.74, 6) is -0.418. The number of anilines is 1. The molecule has 0 saturated carbocycles. The summed E-state index contributed by atoms with van der Waals surface area (Å²) >= 11 is 9.35. The number of nitrogens with one attached hydrogen (secondary N) is 1. The highest BCUT2D eigenvalue weighted by Gasteiger charge is 2.21. The normalized spacial score (nSPS) is 12.0. The number of hydrogen-bond donors (Lipinski definition) is 2. The summed E-state index contributed by atoms with van der Waals surface area (Å²) in [6.07, 6.45) is 0. The van der Waals surface area contributed by atoms with Crippen molar-refractivity contribution in [2.75, 3.05) is 5.32 Å². The Bertz CT molecular complexity index is 668. The zero-order valence-electron chi connectivity index (χ0n) is 11.8. The van der Waals surface area contributed by atoms with Crippen molar-refractivity contribution >= 4 is 39.1 Å². The Morgan fingerprint density at radius 2 is 1.86 bits per heavy atom. The van der Waals surface area contributed by atoms with Gasteiger partial charge >= 0.3 is 0 Å². The van der Waals surface area contributed by atoms with Crippen LogP contribution in [0.1, 0.15) is 22.7 Å². The summed E-state index contributed by atoms with van der Waals surface area (Å²) in [5, 5.41) is 3.80. The lowest BCUT2D eigenvalue weighted by molar-refractivity contribution is -0.118. The number of carbonyl (C=O) groups is 1. The number of amides is 1. The van der Waals surface area contributed by atoms with E-state index in [4.69, 9.17) is 17.3 Å². The summed E-state index contributed by atoms with van der Waals surface area (Å²) in [6, 6.07) is 10.7. The van der Waals surface area contributed by atoms with Crippen LogP contribution in [0.25, 0.3) is 0 Å². The summed E-state index contributed by atoms with van der Waals surface area (Å²) < 4.78 is 0.763. The molecule has 2 aromatic carbocycles. The van der Waals surface area contributed by atoms with Crippen molar-refractivity contribution in [1.29, 1.82) is 0 Å². The number of hydrogen-bond acceptors (Lipinski definition) is 2. The molecule has 0 aliphatic rings. The lowest BCUT2D eigenvalue weighted by Gasteiger charge is -2.21. The van der Waals surface area contributed by atoms with Crippen molar-refractivity contribution in [2.24, 2.45) is 5.73 Å². The Hall–Kier alpha value is -1.52. The van der Waals surface area contributed by atoms with Gasteiger partial charge in [0.2, 0.25) is 5.91 Å². The maximum atomic E-state index is 11.9. The van der Waals surface area contributed by atoms with Crippen LogP contribution in [0.3, 0.4) is 0 Å². The van der Waals surface area contributed by atoms with E-state index in [1.807, 2.05) is 44.2 Å². The molecule has 0 bridgehead atoms. The monoisotopic (exact) mass is 366 g/mol. The van der Waals surface area contributed by atoms with Gasteiger partial charge in [0, 0.05) is 10.2 Å². The van der Waals surface area contributed by atoms with Crippen LogP contribution in [-0.4, -0.2) is 5.91 Å². The first-order chi connectivity index (χ1) is 9.90. The van der Waals surface area contributed by atoms with Crippen molar-refractivity contribution in [3.05, 3.63) is 62.6 Å². The Balaban J connectivity index is 2.40. The molecule has 0 spiro atoms. The maximum absolute atomic E-state index is 11.9. The van der Waals surface area contributed by atoms with Crippen LogP contribution in [0, 0.1) is 13.8 Å². The van der Waals surface area contributed by atoms with Crippen LogP contribution in [0.2, 0.25) is 5.02 Å². The molecule has 2 rings (SSSR count). The number of nitrogens with two attached hydrogens (primary N) is 1. The van der Waals surface area contributed by atoms with Gasteiger partial charge in [-0.25, -0.2) is 0 Å². The number of primary amides is 1. The minimum Gasteiger partial charge on any atom is -0.370 e. The smallest absolute Gasteiger partial charge is 0.244 e. The van der Waals surface area contributed by atoms with Crippen molar-refractivity contribution < 1.29 is 4.79 Å². The van der Waals surface area contributed by atoms with E-state index in [-0.39, 0.29) is 0 Å². The average molecular weight is 368 g/mol. The predicted octanol–water partition coefficient (Wildman–Crippen LogP) is 4.36. The molecule has 1 atom stereocenters. The summed E-state index contributed by atoms with van der Waals surface area (Å²) in [6.45, 7) is 3.94. The Morgan fingerprint density at radius 3 is 2.38 bits per heavy atom. The lowest BCUT2D eigenvalue weighted by atomic mass is 9.95. The summed E-state index contributed by atoms with van der Waals surface area (Å²) in [7, 11) is 0. The largest absolute Gasteiger partial charge is 0.370 e. The highest BCUT2D eigenvalue weighted by molar-refractivity contribution is 9.10. The summed E-state index contributed by atoms with van der Waals surface area (Å²) in [5.41, 5.74) is 9.33. The van der Waals surface area contributed by atoms with E-state index < -0.39 is 11.9 Å². The topological polar surface area (TPSA) is 55.1 Å². The Labute approximate surface area is 137 Å². The van der Waals surface area contributed by atoms with Crippen molar-refractivity contribution in [2.45, 2.75) is 19.9 Å². The highest BCUT2D eigenvalue weighted by atomic mass is 79.9. The number of benzene rings is 2. The van der Waals surface area contributed by atoms with Crippen molar-refractivity contribution in [1.82, 2.24) is 0 Å². The van der Waals surface area contributed by atoms with Crippen LogP contribution in [-0.2, 0) is 4.79 Å². The maximum Gasteiger partial charge on any atom is 0.244 e. The molecular formula is C16H16BrClN2O. The molecule has 0 aromatic heterocycles. The average Bonchev–Trinajstić information content (AvgIpc) is 2.41. The molecule has 21 heavy (non-hydrogen) atoms. The van der Waals surface area contributed by atoms with Crippen LogP contribution in [0.5, 0.6) is 0 Å². The number of halogens is 2. The third-order valence-electron chi connectivity index (χ3n) is 3.35. The quantitative estimate of drug-likeness (QED) is 0.843. The SMILES string of the molecule is Cc1cccc(C)c1C(Nc1ccc(Cl)c(Br)c1)C(N)=O. The zero-order chi connectivity index (χ0) is 15.6. The second kappa shape index (κ2) is 6.50. The standard InChI is InChI=1S/C16H16BrClN2O/c1-9-4-3-5-10(2)14(9)15(16(19)21)20-11-6-7-13(18)12(17)8-11/h3-8,15,20H,1-2H3,(H2,19,21). The van der Waals surface area contributed by atoms with E-state index in [9.17, 15) is 4.79 Å². The first-order valence-corrected chi connectivity index (χ1v) is 7.64. The van der Waals surface area contributed by atoms with Crippen molar-refractivity contribution in [3.63, 3.8) is 0 Å². The number of aryl methyl sites for hydroxylation is 2. The highest BCUT2D eigenvalue weighted by Crippen LogP contribution is 2.29. The molecule has 0 fully saturated rings. The number of rotatable bonds is 4. The van der Waals surface area contributed by atoms with Crippen LogP contribution in [0.4, 0.5) is 5.69 Å².